The first kappa shape index (κ1) is 15.1. The number of fused-ring (bicyclic) bond motifs is 1. The zero-order valence-electron chi connectivity index (χ0n) is 12.7. The number of hydrogen-bond acceptors (Lipinski definition) is 3. The van der Waals surface area contributed by atoms with E-state index in [1.807, 2.05) is 44.2 Å². The Balaban J connectivity index is 2.21. The summed E-state index contributed by atoms with van der Waals surface area (Å²) in [6.45, 7) is 4.65. The van der Waals surface area contributed by atoms with Crippen LogP contribution in [0.15, 0.2) is 59.5 Å². The lowest BCUT2D eigenvalue weighted by Gasteiger charge is -2.41. The number of benzene rings is 2. The molecule has 0 spiro atoms. The van der Waals surface area contributed by atoms with Crippen LogP contribution in [-0.2, 0) is 20.4 Å². The standard InChI is InChI=1S/C17H19NO3S/c1-3-21-17(2)13-18(14-9-5-4-6-10-14)22(19,20)16-12-8-7-11-15(16)17/h4-12H,3,13H2,1-2H3. The highest BCUT2D eigenvalue weighted by molar-refractivity contribution is 7.93. The SMILES string of the molecule is CCOC1(C)CN(c2ccccc2)S(=O)(=O)c2ccccc21. The van der Waals surface area contributed by atoms with E-state index in [1.54, 1.807) is 24.3 Å². The van der Waals surface area contributed by atoms with Gasteiger partial charge in [0.2, 0.25) is 0 Å². The summed E-state index contributed by atoms with van der Waals surface area (Å²) in [4.78, 5) is 0.320. The Labute approximate surface area is 131 Å². The highest BCUT2D eigenvalue weighted by Crippen LogP contribution is 2.40. The number of ether oxygens (including phenoxy) is 1. The number of anilines is 1. The van der Waals surface area contributed by atoms with Crippen molar-refractivity contribution in [3.05, 3.63) is 60.2 Å². The minimum Gasteiger partial charge on any atom is -0.369 e. The molecule has 0 saturated heterocycles. The molecule has 1 aliphatic rings. The van der Waals surface area contributed by atoms with E-state index in [0.29, 0.717) is 17.2 Å². The number of rotatable bonds is 3. The second kappa shape index (κ2) is 5.41. The van der Waals surface area contributed by atoms with Gasteiger partial charge in [-0.3, -0.25) is 4.31 Å². The van der Waals surface area contributed by atoms with Crippen LogP contribution in [0.25, 0.3) is 0 Å². The lowest BCUT2D eigenvalue weighted by molar-refractivity contribution is -0.0248. The predicted molar refractivity (Wildman–Crippen MR) is 86.4 cm³/mol. The zero-order valence-corrected chi connectivity index (χ0v) is 13.5. The second-order valence-corrected chi connectivity index (χ2v) is 7.34. The minimum absolute atomic E-state index is 0.268. The first-order valence-corrected chi connectivity index (χ1v) is 8.74. The molecular formula is C17H19NO3S. The molecular weight excluding hydrogens is 298 g/mol. The Morgan fingerprint density at radius 1 is 1.09 bits per heavy atom. The summed E-state index contributed by atoms with van der Waals surface area (Å²) < 4.78 is 33.3. The molecule has 3 rings (SSSR count). The van der Waals surface area contributed by atoms with Gasteiger partial charge in [-0.25, -0.2) is 8.42 Å². The van der Waals surface area contributed by atoms with Crippen molar-refractivity contribution in [1.29, 1.82) is 0 Å². The summed E-state index contributed by atoms with van der Waals surface area (Å²) in [5.41, 5.74) is 0.721. The van der Waals surface area contributed by atoms with Gasteiger partial charge in [-0.2, -0.15) is 0 Å². The second-order valence-electron chi connectivity index (χ2n) is 5.51. The molecule has 5 heteroatoms. The van der Waals surface area contributed by atoms with Gasteiger partial charge in [0.1, 0.15) is 5.60 Å². The van der Waals surface area contributed by atoms with Crippen LogP contribution in [0.5, 0.6) is 0 Å². The summed E-state index contributed by atoms with van der Waals surface area (Å²) in [5, 5.41) is 0. The van der Waals surface area contributed by atoms with E-state index in [4.69, 9.17) is 4.74 Å². The van der Waals surface area contributed by atoms with Gasteiger partial charge < -0.3 is 4.74 Å². The molecule has 4 nitrogen and oxygen atoms in total. The minimum atomic E-state index is -3.57. The van der Waals surface area contributed by atoms with Crippen LogP contribution in [0.4, 0.5) is 5.69 Å². The van der Waals surface area contributed by atoms with Crippen molar-refractivity contribution in [2.24, 2.45) is 0 Å². The van der Waals surface area contributed by atoms with E-state index in [1.165, 1.54) is 4.31 Å². The Bertz CT molecular complexity index is 774. The van der Waals surface area contributed by atoms with Crippen LogP contribution >= 0.6 is 0 Å². The Morgan fingerprint density at radius 3 is 2.41 bits per heavy atom. The fraction of sp³-hybridized carbons (Fsp3) is 0.294. The number of nitrogens with zero attached hydrogens (tertiary/aromatic N) is 1. The third-order valence-electron chi connectivity index (χ3n) is 3.98. The topological polar surface area (TPSA) is 46.6 Å². The van der Waals surface area contributed by atoms with Crippen LogP contribution in [0.1, 0.15) is 19.4 Å². The van der Waals surface area contributed by atoms with Crippen molar-refractivity contribution < 1.29 is 13.2 Å². The molecule has 1 atom stereocenters. The first-order valence-electron chi connectivity index (χ1n) is 7.30. The van der Waals surface area contributed by atoms with Gasteiger partial charge in [0.05, 0.1) is 17.1 Å². The first-order chi connectivity index (χ1) is 10.5. The van der Waals surface area contributed by atoms with E-state index in [-0.39, 0.29) is 6.54 Å². The van der Waals surface area contributed by atoms with Crippen LogP contribution in [0.3, 0.4) is 0 Å². The average molecular weight is 317 g/mol. The fourth-order valence-corrected chi connectivity index (χ4v) is 4.82. The van der Waals surface area contributed by atoms with Crippen LogP contribution < -0.4 is 4.31 Å². The summed E-state index contributed by atoms with van der Waals surface area (Å²) in [6, 6.07) is 16.2. The molecule has 116 valence electrons. The third kappa shape index (κ3) is 2.30. The molecule has 0 fully saturated rings. The van der Waals surface area contributed by atoms with Crippen LogP contribution in [0.2, 0.25) is 0 Å². The maximum Gasteiger partial charge on any atom is 0.264 e. The van der Waals surface area contributed by atoms with Gasteiger partial charge >= 0.3 is 0 Å². The molecule has 0 amide bonds. The summed E-state index contributed by atoms with van der Waals surface area (Å²) in [6.07, 6.45) is 0. The molecule has 2 aromatic carbocycles. The molecule has 1 aliphatic heterocycles. The lowest BCUT2D eigenvalue weighted by atomic mass is 9.95. The molecule has 0 aromatic heterocycles. The van der Waals surface area contributed by atoms with E-state index in [9.17, 15) is 8.42 Å². The molecule has 22 heavy (non-hydrogen) atoms. The van der Waals surface area contributed by atoms with Crippen molar-refractivity contribution >= 4 is 15.7 Å². The number of para-hydroxylation sites is 1. The highest BCUT2D eigenvalue weighted by atomic mass is 32.2. The quantitative estimate of drug-likeness (QED) is 0.873. The maximum atomic E-state index is 13.0. The van der Waals surface area contributed by atoms with Crippen molar-refractivity contribution in [3.63, 3.8) is 0 Å². The molecule has 0 saturated carbocycles. The van der Waals surface area contributed by atoms with E-state index < -0.39 is 15.6 Å². The smallest absolute Gasteiger partial charge is 0.264 e. The maximum absolute atomic E-state index is 13.0. The van der Waals surface area contributed by atoms with Gasteiger partial charge in [-0.15, -0.1) is 0 Å². The Kier molecular flexibility index (Phi) is 3.70. The molecule has 2 aromatic rings. The number of hydrogen-bond donors (Lipinski definition) is 0. The van der Waals surface area contributed by atoms with Gasteiger partial charge in [0.25, 0.3) is 10.0 Å². The third-order valence-corrected chi connectivity index (χ3v) is 5.81. The predicted octanol–water partition coefficient (Wildman–Crippen LogP) is 3.15. The molecule has 1 unspecified atom stereocenters. The van der Waals surface area contributed by atoms with Crippen molar-refractivity contribution in [1.82, 2.24) is 0 Å². The molecule has 0 aliphatic carbocycles. The highest BCUT2D eigenvalue weighted by Gasteiger charge is 2.44. The van der Waals surface area contributed by atoms with E-state index in [0.717, 1.165) is 5.56 Å². The van der Waals surface area contributed by atoms with E-state index >= 15 is 0 Å². The molecule has 1 heterocycles. The number of sulfonamides is 1. The lowest BCUT2D eigenvalue weighted by Crippen LogP contribution is -2.49. The van der Waals surface area contributed by atoms with Gasteiger partial charge in [-0.05, 0) is 32.0 Å². The Hall–Kier alpha value is -1.85. The fourth-order valence-electron chi connectivity index (χ4n) is 2.96. The monoisotopic (exact) mass is 317 g/mol. The average Bonchev–Trinajstić information content (AvgIpc) is 2.53. The largest absolute Gasteiger partial charge is 0.369 e. The summed E-state index contributed by atoms with van der Waals surface area (Å²) in [5.74, 6) is 0. The zero-order chi connectivity index (χ0) is 15.8. The van der Waals surface area contributed by atoms with E-state index in [2.05, 4.69) is 0 Å². The molecule has 0 radical (unpaired) electrons. The normalized spacial score (nSPS) is 23.1. The van der Waals surface area contributed by atoms with Gasteiger partial charge in [-0.1, -0.05) is 36.4 Å². The van der Waals surface area contributed by atoms with Crippen LogP contribution in [0, 0.1) is 0 Å². The Morgan fingerprint density at radius 2 is 1.73 bits per heavy atom. The summed E-state index contributed by atoms with van der Waals surface area (Å²) in [7, 11) is -3.57. The molecule has 0 bridgehead atoms. The van der Waals surface area contributed by atoms with Crippen molar-refractivity contribution in [2.45, 2.75) is 24.3 Å². The summed E-state index contributed by atoms with van der Waals surface area (Å²) >= 11 is 0. The van der Waals surface area contributed by atoms with Crippen molar-refractivity contribution in [2.75, 3.05) is 17.5 Å². The van der Waals surface area contributed by atoms with Crippen molar-refractivity contribution in [3.8, 4) is 0 Å². The van der Waals surface area contributed by atoms with Crippen LogP contribution in [-0.4, -0.2) is 21.6 Å². The molecule has 0 N–H and O–H groups in total. The van der Waals surface area contributed by atoms with Gasteiger partial charge in [0, 0.05) is 12.2 Å². The van der Waals surface area contributed by atoms with Gasteiger partial charge in [0.15, 0.2) is 0 Å².